The van der Waals surface area contributed by atoms with E-state index >= 15 is 0 Å². The lowest BCUT2D eigenvalue weighted by Crippen LogP contribution is -2.25. The van der Waals surface area contributed by atoms with Crippen LogP contribution in [0.1, 0.15) is 23.7 Å². The molecule has 1 aliphatic carbocycles. The summed E-state index contributed by atoms with van der Waals surface area (Å²) in [5.74, 6) is 1.15. The number of hydrogen-bond donors (Lipinski definition) is 1. The van der Waals surface area contributed by atoms with Gasteiger partial charge in [-0.1, -0.05) is 6.92 Å². The van der Waals surface area contributed by atoms with E-state index in [1.165, 1.54) is 0 Å². The molecule has 1 aromatic rings. The summed E-state index contributed by atoms with van der Waals surface area (Å²) < 4.78 is 10.5. The van der Waals surface area contributed by atoms with E-state index in [1.807, 2.05) is 0 Å². The molecule has 2 aliphatic rings. The maximum atomic E-state index is 11.9. The van der Waals surface area contributed by atoms with Gasteiger partial charge in [0, 0.05) is 0 Å². The molecule has 1 amide bonds. The molecule has 1 fully saturated rings. The Morgan fingerprint density at radius 3 is 3.05 bits per heavy atom. The number of esters is 1. The van der Waals surface area contributed by atoms with E-state index in [0.717, 1.165) is 6.42 Å². The lowest BCUT2D eigenvalue weighted by Gasteiger charge is -2.18. The Kier molecular flexibility index (Phi) is 2.89. The Bertz CT molecular complexity index is 540. The van der Waals surface area contributed by atoms with E-state index in [9.17, 15) is 9.59 Å². The molecule has 1 saturated carbocycles. The monoisotopic (exact) mass is 261 g/mol. The standard InChI is InChI=1S/C14H15NO4/c1-8-4-10(8)6-19-14(17)9-2-3-11-12(5-9)18-7-13(16)15-11/h2-3,5,8,10H,4,6-7H2,1H3,(H,15,16)/t8-,10-/m1/s1. The molecule has 0 saturated heterocycles. The van der Waals surface area contributed by atoms with Crippen molar-refractivity contribution in [3.63, 3.8) is 0 Å². The van der Waals surface area contributed by atoms with Crippen LogP contribution in [0.25, 0.3) is 0 Å². The van der Waals surface area contributed by atoms with Crippen molar-refractivity contribution in [2.75, 3.05) is 18.5 Å². The minimum Gasteiger partial charge on any atom is -0.482 e. The van der Waals surface area contributed by atoms with Crippen molar-refractivity contribution in [3.8, 4) is 5.75 Å². The van der Waals surface area contributed by atoms with Gasteiger partial charge >= 0.3 is 5.97 Å². The van der Waals surface area contributed by atoms with Crippen molar-refractivity contribution in [2.24, 2.45) is 11.8 Å². The van der Waals surface area contributed by atoms with E-state index < -0.39 is 0 Å². The summed E-state index contributed by atoms with van der Waals surface area (Å²) in [5.41, 5.74) is 1.03. The predicted octanol–water partition coefficient (Wildman–Crippen LogP) is 1.83. The summed E-state index contributed by atoms with van der Waals surface area (Å²) in [6.07, 6.45) is 1.13. The van der Waals surface area contributed by atoms with Gasteiger partial charge in [0.2, 0.25) is 0 Å². The van der Waals surface area contributed by atoms with E-state index in [4.69, 9.17) is 9.47 Å². The average molecular weight is 261 g/mol. The van der Waals surface area contributed by atoms with Crippen LogP contribution in [-0.2, 0) is 9.53 Å². The topological polar surface area (TPSA) is 64.6 Å². The third-order valence-electron chi connectivity index (χ3n) is 3.55. The first-order chi connectivity index (χ1) is 9.13. The van der Waals surface area contributed by atoms with E-state index in [-0.39, 0.29) is 18.5 Å². The van der Waals surface area contributed by atoms with Crippen LogP contribution in [0.4, 0.5) is 5.69 Å². The molecule has 19 heavy (non-hydrogen) atoms. The number of hydrogen-bond acceptors (Lipinski definition) is 4. The van der Waals surface area contributed by atoms with Gasteiger partial charge in [-0.05, 0) is 36.5 Å². The van der Waals surface area contributed by atoms with Crippen LogP contribution < -0.4 is 10.1 Å². The maximum absolute atomic E-state index is 11.9. The summed E-state index contributed by atoms with van der Waals surface area (Å²) in [5, 5.41) is 2.68. The summed E-state index contributed by atoms with van der Waals surface area (Å²) in [6.45, 7) is 2.60. The highest BCUT2D eigenvalue weighted by molar-refractivity contribution is 5.97. The molecule has 5 nitrogen and oxygen atoms in total. The first-order valence-corrected chi connectivity index (χ1v) is 6.37. The fraction of sp³-hybridized carbons (Fsp3) is 0.429. The third-order valence-corrected chi connectivity index (χ3v) is 3.55. The summed E-state index contributed by atoms with van der Waals surface area (Å²) in [4.78, 5) is 23.0. The zero-order chi connectivity index (χ0) is 13.4. The van der Waals surface area contributed by atoms with Gasteiger partial charge in [0.25, 0.3) is 5.91 Å². The van der Waals surface area contributed by atoms with Gasteiger partial charge in [-0.15, -0.1) is 0 Å². The van der Waals surface area contributed by atoms with Crippen molar-refractivity contribution in [1.29, 1.82) is 0 Å². The van der Waals surface area contributed by atoms with Crippen LogP contribution in [0.15, 0.2) is 18.2 Å². The minimum atomic E-state index is -0.345. The number of benzene rings is 1. The molecule has 0 unspecified atom stereocenters. The quantitative estimate of drug-likeness (QED) is 0.843. The van der Waals surface area contributed by atoms with Crippen molar-refractivity contribution in [3.05, 3.63) is 23.8 Å². The van der Waals surface area contributed by atoms with Crippen LogP contribution in [-0.4, -0.2) is 25.1 Å². The summed E-state index contributed by atoms with van der Waals surface area (Å²) in [6, 6.07) is 4.89. The Hall–Kier alpha value is -2.04. The first-order valence-electron chi connectivity index (χ1n) is 6.37. The largest absolute Gasteiger partial charge is 0.482 e. The molecule has 1 aliphatic heterocycles. The van der Waals surface area contributed by atoms with Crippen molar-refractivity contribution in [1.82, 2.24) is 0 Å². The second-order valence-electron chi connectivity index (χ2n) is 5.12. The second-order valence-corrected chi connectivity index (χ2v) is 5.12. The number of ether oxygens (including phenoxy) is 2. The van der Waals surface area contributed by atoms with Gasteiger partial charge in [0.05, 0.1) is 17.9 Å². The number of carbonyl (C=O) groups excluding carboxylic acids is 2. The van der Waals surface area contributed by atoms with Gasteiger partial charge in [0.1, 0.15) is 5.75 Å². The molecule has 3 rings (SSSR count). The molecule has 0 radical (unpaired) electrons. The third kappa shape index (κ3) is 2.54. The van der Waals surface area contributed by atoms with E-state index in [0.29, 0.717) is 35.4 Å². The van der Waals surface area contributed by atoms with E-state index in [1.54, 1.807) is 18.2 Å². The van der Waals surface area contributed by atoms with Crippen molar-refractivity contribution in [2.45, 2.75) is 13.3 Å². The molecule has 1 N–H and O–H groups in total. The maximum Gasteiger partial charge on any atom is 0.338 e. The number of nitrogens with one attached hydrogen (secondary N) is 1. The number of rotatable bonds is 3. The number of carbonyl (C=O) groups is 2. The van der Waals surface area contributed by atoms with Gasteiger partial charge in [-0.3, -0.25) is 4.79 Å². The molecule has 2 atom stereocenters. The average Bonchev–Trinajstić information content (AvgIpc) is 3.11. The predicted molar refractivity (Wildman–Crippen MR) is 68.1 cm³/mol. The summed E-state index contributed by atoms with van der Waals surface area (Å²) >= 11 is 0. The fourth-order valence-corrected chi connectivity index (χ4v) is 2.10. The van der Waals surface area contributed by atoms with Crippen LogP contribution in [0.5, 0.6) is 5.75 Å². The number of fused-ring (bicyclic) bond motifs is 1. The Balaban J connectivity index is 1.67. The molecule has 0 bridgehead atoms. The molecule has 1 heterocycles. The second kappa shape index (κ2) is 4.57. The van der Waals surface area contributed by atoms with Crippen molar-refractivity contribution >= 4 is 17.6 Å². The molecule has 1 aromatic carbocycles. The summed E-state index contributed by atoms with van der Waals surface area (Å²) in [7, 11) is 0. The minimum absolute atomic E-state index is 0.0227. The van der Waals surface area contributed by atoms with E-state index in [2.05, 4.69) is 12.2 Å². The van der Waals surface area contributed by atoms with Crippen LogP contribution in [0.2, 0.25) is 0 Å². The van der Waals surface area contributed by atoms with Gasteiger partial charge in [-0.25, -0.2) is 4.79 Å². The van der Waals surface area contributed by atoms with Gasteiger partial charge < -0.3 is 14.8 Å². The SMILES string of the molecule is C[C@@H]1C[C@@H]1COC(=O)c1ccc2c(c1)OCC(=O)N2. The molecule has 0 aromatic heterocycles. The number of amides is 1. The molecular weight excluding hydrogens is 246 g/mol. The van der Waals surface area contributed by atoms with Gasteiger partial charge in [0.15, 0.2) is 6.61 Å². The highest BCUT2D eigenvalue weighted by Gasteiger charge is 2.33. The first kappa shape index (κ1) is 12.0. The van der Waals surface area contributed by atoms with Gasteiger partial charge in [-0.2, -0.15) is 0 Å². The Morgan fingerprint density at radius 2 is 2.32 bits per heavy atom. The highest BCUT2D eigenvalue weighted by atomic mass is 16.5. The highest BCUT2D eigenvalue weighted by Crippen LogP contribution is 2.38. The Labute approximate surface area is 110 Å². The normalized spacial score (nSPS) is 23.9. The van der Waals surface area contributed by atoms with Crippen LogP contribution >= 0.6 is 0 Å². The molecule has 100 valence electrons. The molecule has 5 heteroatoms. The smallest absolute Gasteiger partial charge is 0.338 e. The Morgan fingerprint density at radius 1 is 1.53 bits per heavy atom. The van der Waals surface area contributed by atoms with Crippen LogP contribution in [0.3, 0.4) is 0 Å². The fourth-order valence-electron chi connectivity index (χ4n) is 2.10. The number of anilines is 1. The zero-order valence-corrected chi connectivity index (χ0v) is 10.6. The zero-order valence-electron chi connectivity index (χ0n) is 10.6. The lowest BCUT2D eigenvalue weighted by atomic mass is 10.1. The lowest BCUT2D eigenvalue weighted by molar-refractivity contribution is -0.118. The molecule has 0 spiro atoms. The van der Waals surface area contributed by atoms with Crippen molar-refractivity contribution < 1.29 is 19.1 Å². The van der Waals surface area contributed by atoms with Crippen LogP contribution in [0, 0.1) is 11.8 Å². The molecular formula is C14H15NO4.